The van der Waals surface area contributed by atoms with E-state index in [1.165, 1.54) is 18.4 Å². The number of carbonyl (C=O) groups is 1. The van der Waals surface area contributed by atoms with Crippen LogP contribution < -0.4 is 15.4 Å². The lowest BCUT2D eigenvalue weighted by atomic mass is 10.3. The van der Waals surface area contributed by atoms with E-state index in [1.54, 1.807) is 18.2 Å². The van der Waals surface area contributed by atoms with Gasteiger partial charge in [-0.25, -0.2) is 4.79 Å². The molecule has 0 aliphatic carbocycles. The van der Waals surface area contributed by atoms with Gasteiger partial charge in [0.2, 0.25) is 0 Å². The minimum Gasteiger partial charge on any atom is -0.463 e. The van der Waals surface area contributed by atoms with E-state index >= 15 is 0 Å². The van der Waals surface area contributed by atoms with Crippen LogP contribution in [0.25, 0.3) is 11.5 Å². The van der Waals surface area contributed by atoms with Crippen molar-refractivity contribution >= 4 is 17.5 Å². The fourth-order valence-corrected chi connectivity index (χ4v) is 1.96. The Morgan fingerprint density at radius 3 is 2.56 bits per heavy atom. The summed E-state index contributed by atoms with van der Waals surface area (Å²) >= 11 is 0. The number of benzene rings is 1. The first-order valence-electron chi connectivity index (χ1n) is 6.92. The number of carbonyl (C=O) groups excluding carboxylic acids is 1. The SMILES string of the molecule is O=C(Nc1ccc(OC(F)(F)F)cc1)Nc1cc(-c2ccco2)[nH]n1. The maximum absolute atomic E-state index is 12.1. The predicted molar refractivity (Wildman–Crippen MR) is 82.1 cm³/mol. The molecule has 0 saturated carbocycles. The summed E-state index contributed by atoms with van der Waals surface area (Å²) in [6.45, 7) is 0. The molecule has 2 heterocycles. The highest BCUT2D eigenvalue weighted by atomic mass is 19.4. The lowest BCUT2D eigenvalue weighted by Crippen LogP contribution is -2.20. The number of hydrogen-bond donors (Lipinski definition) is 3. The number of furan rings is 1. The van der Waals surface area contributed by atoms with Gasteiger partial charge in [-0.15, -0.1) is 13.2 Å². The van der Waals surface area contributed by atoms with E-state index in [0.29, 0.717) is 11.5 Å². The Morgan fingerprint density at radius 1 is 1.16 bits per heavy atom. The van der Waals surface area contributed by atoms with Crippen LogP contribution in [-0.2, 0) is 0 Å². The van der Waals surface area contributed by atoms with Gasteiger partial charge in [-0.2, -0.15) is 5.10 Å². The summed E-state index contributed by atoms with van der Waals surface area (Å²) in [5, 5.41) is 11.5. The quantitative estimate of drug-likeness (QED) is 0.656. The molecule has 2 amide bonds. The number of halogens is 3. The molecule has 0 radical (unpaired) electrons. The molecule has 7 nitrogen and oxygen atoms in total. The van der Waals surface area contributed by atoms with Crippen molar-refractivity contribution in [2.24, 2.45) is 0 Å². The van der Waals surface area contributed by atoms with Crippen LogP contribution in [0.1, 0.15) is 0 Å². The fourth-order valence-electron chi connectivity index (χ4n) is 1.96. The van der Waals surface area contributed by atoms with E-state index in [9.17, 15) is 18.0 Å². The Hall–Kier alpha value is -3.43. The van der Waals surface area contributed by atoms with Crippen molar-refractivity contribution in [1.29, 1.82) is 0 Å². The normalized spacial score (nSPS) is 11.2. The molecule has 1 aromatic carbocycles. The summed E-state index contributed by atoms with van der Waals surface area (Å²) in [6.07, 6.45) is -3.26. The first kappa shape index (κ1) is 16.4. The first-order valence-corrected chi connectivity index (χ1v) is 6.92. The largest absolute Gasteiger partial charge is 0.573 e. The fraction of sp³-hybridized carbons (Fsp3) is 0.0667. The molecule has 0 spiro atoms. The van der Waals surface area contributed by atoms with E-state index in [0.717, 1.165) is 12.1 Å². The maximum Gasteiger partial charge on any atom is 0.573 e. The van der Waals surface area contributed by atoms with Gasteiger partial charge in [-0.3, -0.25) is 10.4 Å². The number of hydrogen-bond acceptors (Lipinski definition) is 4. The van der Waals surface area contributed by atoms with Gasteiger partial charge in [-0.05, 0) is 36.4 Å². The number of amides is 2. The summed E-state index contributed by atoms with van der Waals surface area (Å²) < 4.78 is 45.2. The van der Waals surface area contributed by atoms with Gasteiger partial charge in [0, 0.05) is 11.8 Å². The van der Waals surface area contributed by atoms with Crippen molar-refractivity contribution in [3.8, 4) is 17.2 Å². The predicted octanol–water partition coefficient (Wildman–Crippen LogP) is 4.21. The Labute approximate surface area is 138 Å². The Bertz CT molecular complexity index is 842. The van der Waals surface area contributed by atoms with E-state index in [1.807, 2.05) is 0 Å². The average molecular weight is 352 g/mol. The van der Waals surface area contributed by atoms with Gasteiger partial charge in [0.25, 0.3) is 0 Å². The van der Waals surface area contributed by atoms with Crippen LogP contribution in [0.3, 0.4) is 0 Å². The Kier molecular flexibility index (Phi) is 4.33. The molecule has 3 N–H and O–H groups in total. The zero-order chi connectivity index (χ0) is 17.9. The minimum atomic E-state index is -4.77. The van der Waals surface area contributed by atoms with Crippen LogP contribution in [-0.4, -0.2) is 22.6 Å². The van der Waals surface area contributed by atoms with Crippen molar-refractivity contribution in [3.05, 3.63) is 48.7 Å². The van der Waals surface area contributed by atoms with Gasteiger partial charge in [-0.1, -0.05) is 0 Å². The standard InChI is InChI=1S/C15H11F3N4O3/c16-15(17,18)25-10-5-3-9(4-6-10)19-14(23)20-13-8-11(21-22-13)12-2-1-7-24-12/h1-8H,(H3,19,20,21,22,23). The highest BCUT2D eigenvalue weighted by Crippen LogP contribution is 2.24. The second-order valence-electron chi connectivity index (χ2n) is 4.80. The van der Waals surface area contributed by atoms with E-state index in [4.69, 9.17) is 4.42 Å². The van der Waals surface area contributed by atoms with Crippen molar-refractivity contribution in [2.45, 2.75) is 6.36 Å². The van der Waals surface area contributed by atoms with Crippen molar-refractivity contribution in [3.63, 3.8) is 0 Å². The average Bonchev–Trinajstić information content (AvgIpc) is 3.18. The number of aromatic amines is 1. The molecular weight excluding hydrogens is 341 g/mol. The highest BCUT2D eigenvalue weighted by molar-refractivity contribution is 5.99. The number of ether oxygens (including phenoxy) is 1. The molecule has 2 aromatic heterocycles. The number of nitrogens with zero attached hydrogens (tertiary/aromatic N) is 1. The summed E-state index contributed by atoms with van der Waals surface area (Å²) in [5.74, 6) is 0.427. The molecule has 3 aromatic rings. The summed E-state index contributed by atoms with van der Waals surface area (Å²) in [6, 6.07) is 9.13. The third kappa shape index (κ3) is 4.53. The van der Waals surface area contributed by atoms with Gasteiger partial charge in [0.05, 0.1) is 6.26 Å². The molecule has 0 aliphatic heterocycles. The summed E-state index contributed by atoms with van der Waals surface area (Å²) in [5.41, 5.74) is 0.864. The van der Waals surface area contributed by atoms with Crippen LogP contribution in [0.15, 0.2) is 53.1 Å². The molecule has 25 heavy (non-hydrogen) atoms. The van der Waals surface area contributed by atoms with Crippen molar-refractivity contribution < 1.29 is 27.1 Å². The number of nitrogens with one attached hydrogen (secondary N) is 3. The molecule has 0 fully saturated rings. The third-order valence-corrected chi connectivity index (χ3v) is 2.95. The highest BCUT2D eigenvalue weighted by Gasteiger charge is 2.30. The Balaban J connectivity index is 1.57. The number of H-pyrrole nitrogens is 1. The maximum atomic E-state index is 12.1. The molecular formula is C15H11F3N4O3. The second kappa shape index (κ2) is 6.59. The zero-order valence-corrected chi connectivity index (χ0v) is 12.4. The minimum absolute atomic E-state index is 0.251. The smallest absolute Gasteiger partial charge is 0.463 e. The number of alkyl halides is 3. The van der Waals surface area contributed by atoms with Gasteiger partial charge in [0.1, 0.15) is 11.4 Å². The molecule has 130 valence electrons. The molecule has 0 saturated heterocycles. The van der Waals surface area contributed by atoms with E-state index in [2.05, 4.69) is 25.6 Å². The van der Waals surface area contributed by atoms with Crippen molar-refractivity contribution in [2.75, 3.05) is 10.6 Å². The third-order valence-electron chi connectivity index (χ3n) is 2.95. The molecule has 3 rings (SSSR count). The first-order chi connectivity index (χ1) is 11.9. The number of anilines is 2. The number of rotatable bonds is 4. The summed E-state index contributed by atoms with van der Waals surface area (Å²) in [4.78, 5) is 11.9. The van der Waals surface area contributed by atoms with E-state index in [-0.39, 0.29) is 17.3 Å². The van der Waals surface area contributed by atoms with Gasteiger partial charge < -0.3 is 14.5 Å². The molecule has 10 heteroatoms. The topological polar surface area (TPSA) is 92.2 Å². The number of urea groups is 1. The molecule has 0 bridgehead atoms. The van der Waals surface area contributed by atoms with Crippen LogP contribution >= 0.6 is 0 Å². The monoisotopic (exact) mass is 352 g/mol. The zero-order valence-electron chi connectivity index (χ0n) is 12.4. The van der Waals surface area contributed by atoms with Crippen molar-refractivity contribution in [1.82, 2.24) is 10.2 Å². The molecule has 0 unspecified atom stereocenters. The Morgan fingerprint density at radius 2 is 1.92 bits per heavy atom. The lowest BCUT2D eigenvalue weighted by molar-refractivity contribution is -0.274. The van der Waals surface area contributed by atoms with Crippen LogP contribution in [0.5, 0.6) is 5.75 Å². The second-order valence-corrected chi connectivity index (χ2v) is 4.80. The van der Waals surface area contributed by atoms with Crippen LogP contribution in [0, 0.1) is 0 Å². The van der Waals surface area contributed by atoms with Gasteiger partial charge >= 0.3 is 12.4 Å². The molecule has 0 aliphatic rings. The van der Waals surface area contributed by atoms with Crippen LogP contribution in [0.2, 0.25) is 0 Å². The number of aromatic nitrogens is 2. The van der Waals surface area contributed by atoms with E-state index < -0.39 is 12.4 Å². The van der Waals surface area contributed by atoms with Gasteiger partial charge in [0.15, 0.2) is 11.6 Å². The van der Waals surface area contributed by atoms with Crippen LogP contribution in [0.4, 0.5) is 29.5 Å². The summed E-state index contributed by atoms with van der Waals surface area (Å²) in [7, 11) is 0. The lowest BCUT2D eigenvalue weighted by Gasteiger charge is -2.10. The molecule has 0 atom stereocenters.